The molecule has 0 radical (unpaired) electrons. The second kappa shape index (κ2) is 15.2. The molecular weight excluding hydrogens is 336 g/mol. The molecule has 0 bridgehead atoms. The van der Waals surface area contributed by atoms with E-state index in [-0.39, 0.29) is 11.8 Å². The van der Waals surface area contributed by atoms with Crippen molar-refractivity contribution in [2.24, 2.45) is 0 Å². The second-order valence-electron chi connectivity index (χ2n) is 7.33. The van der Waals surface area contributed by atoms with E-state index in [1.165, 1.54) is 32.1 Å². The normalized spacial score (nSPS) is 11.8. The molecule has 0 heterocycles. The summed E-state index contributed by atoms with van der Waals surface area (Å²) in [6.45, 7) is 4.97. The van der Waals surface area contributed by atoms with Crippen molar-refractivity contribution in [3.8, 4) is 0 Å². The van der Waals surface area contributed by atoms with Gasteiger partial charge in [0.2, 0.25) is 11.8 Å². The van der Waals surface area contributed by atoms with E-state index in [1.54, 1.807) is 0 Å². The third kappa shape index (κ3) is 11.5. The first-order valence-corrected chi connectivity index (χ1v) is 10.8. The zero-order valence-corrected chi connectivity index (χ0v) is 17.3. The van der Waals surface area contributed by atoms with Crippen molar-refractivity contribution >= 4 is 11.8 Å². The molecule has 27 heavy (non-hydrogen) atoms. The van der Waals surface area contributed by atoms with Crippen molar-refractivity contribution < 1.29 is 9.59 Å². The van der Waals surface area contributed by atoms with Crippen molar-refractivity contribution in [2.75, 3.05) is 6.54 Å². The average Bonchev–Trinajstić information content (AvgIpc) is 2.68. The van der Waals surface area contributed by atoms with Gasteiger partial charge < -0.3 is 10.6 Å². The van der Waals surface area contributed by atoms with E-state index in [0.717, 1.165) is 31.2 Å². The Morgan fingerprint density at radius 2 is 1.48 bits per heavy atom. The fourth-order valence-electron chi connectivity index (χ4n) is 3.08. The summed E-state index contributed by atoms with van der Waals surface area (Å²) in [5.74, 6) is -0.112. The maximum atomic E-state index is 12.6. The predicted octanol–water partition coefficient (Wildman–Crippen LogP) is 4.77. The minimum absolute atomic E-state index is 0.0381. The molecule has 2 N–H and O–H groups in total. The Morgan fingerprint density at radius 3 is 2.15 bits per heavy atom. The number of carbonyl (C=O) groups excluding carboxylic acids is 2. The molecule has 4 nitrogen and oxygen atoms in total. The van der Waals surface area contributed by atoms with Gasteiger partial charge in [0.25, 0.3) is 0 Å². The molecule has 0 aliphatic rings. The third-order valence-corrected chi connectivity index (χ3v) is 4.77. The molecule has 1 unspecified atom stereocenters. The highest BCUT2D eigenvalue weighted by Crippen LogP contribution is 2.07. The highest BCUT2D eigenvalue weighted by Gasteiger charge is 2.20. The van der Waals surface area contributed by atoms with Gasteiger partial charge in [-0.1, -0.05) is 89.1 Å². The number of hydrogen-bond donors (Lipinski definition) is 2. The SMILES string of the molecule is CCCCCCCCCNC(=O)C(Cc1ccccc1)NC(=O)CCCC. The minimum atomic E-state index is -0.499. The van der Waals surface area contributed by atoms with Crippen LogP contribution in [0, 0.1) is 0 Å². The second-order valence-corrected chi connectivity index (χ2v) is 7.33. The Balaban J connectivity index is 2.41. The molecule has 0 spiro atoms. The van der Waals surface area contributed by atoms with Gasteiger partial charge in [0.1, 0.15) is 6.04 Å². The Kier molecular flexibility index (Phi) is 13.1. The average molecular weight is 375 g/mol. The van der Waals surface area contributed by atoms with Crippen LogP contribution >= 0.6 is 0 Å². The van der Waals surface area contributed by atoms with Crippen LogP contribution in [0.2, 0.25) is 0 Å². The van der Waals surface area contributed by atoms with E-state index in [9.17, 15) is 9.59 Å². The van der Waals surface area contributed by atoms with Crippen LogP contribution in [0.4, 0.5) is 0 Å². The number of amides is 2. The lowest BCUT2D eigenvalue weighted by atomic mass is 10.0. The first kappa shape index (κ1) is 23.2. The Hall–Kier alpha value is -1.84. The molecule has 1 atom stereocenters. The molecule has 0 fully saturated rings. The van der Waals surface area contributed by atoms with Gasteiger partial charge in [-0.3, -0.25) is 9.59 Å². The van der Waals surface area contributed by atoms with Crippen LogP contribution in [0.15, 0.2) is 30.3 Å². The van der Waals surface area contributed by atoms with Crippen LogP contribution in [0.25, 0.3) is 0 Å². The summed E-state index contributed by atoms with van der Waals surface area (Å²) in [7, 11) is 0. The third-order valence-electron chi connectivity index (χ3n) is 4.77. The summed E-state index contributed by atoms with van der Waals surface area (Å²) >= 11 is 0. The number of benzene rings is 1. The zero-order chi connectivity index (χ0) is 19.7. The molecule has 1 aromatic carbocycles. The lowest BCUT2D eigenvalue weighted by Crippen LogP contribution is -2.48. The maximum absolute atomic E-state index is 12.6. The van der Waals surface area contributed by atoms with Gasteiger partial charge in [-0.2, -0.15) is 0 Å². The molecule has 0 saturated heterocycles. The summed E-state index contributed by atoms with van der Waals surface area (Å²) < 4.78 is 0. The van der Waals surface area contributed by atoms with E-state index in [0.29, 0.717) is 19.4 Å². The first-order chi connectivity index (χ1) is 13.2. The molecule has 4 heteroatoms. The monoisotopic (exact) mass is 374 g/mol. The summed E-state index contributed by atoms with van der Waals surface area (Å²) in [6.07, 6.45) is 11.4. The Bertz CT molecular complexity index is 516. The van der Waals surface area contributed by atoms with Crippen LogP contribution in [-0.4, -0.2) is 24.4 Å². The first-order valence-electron chi connectivity index (χ1n) is 10.8. The van der Waals surface area contributed by atoms with Crippen molar-refractivity contribution in [3.05, 3.63) is 35.9 Å². The van der Waals surface area contributed by atoms with E-state index < -0.39 is 6.04 Å². The molecule has 0 aliphatic heterocycles. The number of hydrogen-bond acceptors (Lipinski definition) is 2. The molecular formula is C23H38N2O2. The van der Waals surface area contributed by atoms with Crippen LogP contribution < -0.4 is 10.6 Å². The van der Waals surface area contributed by atoms with Crippen molar-refractivity contribution in [2.45, 2.75) is 90.5 Å². The Morgan fingerprint density at radius 1 is 0.852 bits per heavy atom. The highest BCUT2D eigenvalue weighted by molar-refractivity contribution is 5.87. The summed E-state index contributed by atoms with van der Waals surface area (Å²) in [5, 5.41) is 5.94. The van der Waals surface area contributed by atoms with Gasteiger partial charge in [-0.05, 0) is 18.4 Å². The maximum Gasteiger partial charge on any atom is 0.242 e. The smallest absolute Gasteiger partial charge is 0.242 e. The van der Waals surface area contributed by atoms with Gasteiger partial charge in [0, 0.05) is 19.4 Å². The van der Waals surface area contributed by atoms with Crippen molar-refractivity contribution in [1.82, 2.24) is 10.6 Å². The largest absolute Gasteiger partial charge is 0.354 e. The quantitative estimate of drug-likeness (QED) is 0.434. The Labute approximate surface area is 165 Å². The van der Waals surface area contributed by atoms with E-state index in [4.69, 9.17) is 0 Å². The van der Waals surface area contributed by atoms with E-state index >= 15 is 0 Å². The fourth-order valence-corrected chi connectivity index (χ4v) is 3.08. The molecule has 0 saturated carbocycles. The summed E-state index contributed by atoms with van der Waals surface area (Å²) in [5.41, 5.74) is 1.06. The number of unbranched alkanes of at least 4 members (excludes halogenated alkanes) is 7. The lowest BCUT2D eigenvalue weighted by molar-refractivity contribution is -0.129. The topological polar surface area (TPSA) is 58.2 Å². The molecule has 1 rings (SSSR count). The number of nitrogens with one attached hydrogen (secondary N) is 2. The number of carbonyl (C=O) groups is 2. The van der Waals surface area contributed by atoms with Gasteiger partial charge in [0.15, 0.2) is 0 Å². The minimum Gasteiger partial charge on any atom is -0.354 e. The van der Waals surface area contributed by atoms with Gasteiger partial charge in [-0.25, -0.2) is 0 Å². The number of rotatable bonds is 15. The summed E-state index contributed by atoms with van der Waals surface area (Å²) in [6, 6.07) is 9.37. The zero-order valence-electron chi connectivity index (χ0n) is 17.3. The van der Waals surface area contributed by atoms with Crippen LogP contribution in [0.5, 0.6) is 0 Å². The van der Waals surface area contributed by atoms with Crippen LogP contribution in [-0.2, 0) is 16.0 Å². The van der Waals surface area contributed by atoms with E-state index in [2.05, 4.69) is 24.5 Å². The van der Waals surface area contributed by atoms with Gasteiger partial charge in [0.05, 0.1) is 0 Å². The highest BCUT2D eigenvalue weighted by atomic mass is 16.2. The lowest BCUT2D eigenvalue weighted by Gasteiger charge is -2.19. The molecule has 1 aromatic rings. The molecule has 0 aromatic heterocycles. The van der Waals surface area contributed by atoms with Crippen LogP contribution in [0.3, 0.4) is 0 Å². The van der Waals surface area contributed by atoms with Crippen molar-refractivity contribution in [1.29, 1.82) is 0 Å². The van der Waals surface area contributed by atoms with Crippen LogP contribution in [0.1, 0.15) is 83.6 Å². The van der Waals surface area contributed by atoms with E-state index in [1.807, 2.05) is 30.3 Å². The van der Waals surface area contributed by atoms with Gasteiger partial charge in [-0.15, -0.1) is 0 Å². The fraction of sp³-hybridized carbons (Fsp3) is 0.652. The molecule has 2 amide bonds. The summed E-state index contributed by atoms with van der Waals surface area (Å²) in [4.78, 5) is 24.7. The van der Waals surface area contributed by atoms with Gasteiger partial charge >= 0.3 is 0 Å². The molecule has 0 aliphatic carbocycles. The standard InChI is InChI=1S/C23H38N2O2/c1-3-5-7-8-9-10-14-18-24-23(27)21(25-22(26)17-6-4-2)19-20-15-12-11-13-16-20/h11-13,15-16,21H,3-10,14,17-19H2,1-2H3,(H,24,27)(H,25,26). The predicted molar refractivity (Wildman–Crippen MR) is 113 cm³/mol. The van der Waals surface area contributed by atoms with Crippen molar-refractivity contribution in [3.63, 3.8) is 0 Å². The molecule has 152 valence electrons.